The van der Waals surface area contributed by atoms with E-state index in [1.54, 1.807) is 24.5 Å². The van der Waals surface area contributed by atoms with Crippen LogP contribution in [0.3, 0.4) is 0 Å². The molecular formula is C14H15BrO3S. The van der Waals surface area contributed by atoms with Crippen LogP contribution in [0.25, 0.3) is 0 Å². The van der Waals surface area contributed by atoms with Gasteiger partial charge in [-0.2, -0.15) is 11.3 Å². The maximum Gasteiger partial charge on any atom is 0.175 e. The first kappa shape index (κ1) is 14.4. The molecule has 2 rings (SSSR count). The van der Waals surface area contributed by atoms with Crippen molar-refractivity contribution in [2.45, 2.75) is 13.0 Å². The van der Waals surface area contributed by atoms with E-state index in [9.17, 15) is 0 Å². The Morgan fingerprint density at radius 1 is 1.32 bits per heavy atom. The second kappa shape index (κ2) is 6.93. The van der Waals surface area contributed by atoms with E-state index in [0.29, 0.717) is 18.1 Å². The van der Waals surface area contributed by atoms with Crippen molar-refractivity contribution in [1.82, 2.24) is 0 Å². The average molecular weight is 343 g/mol. The molecule has 0 bridgehead atoms. The van der Waals surface area contributed by atoms with Crippen molar-refractivity contribution < 1.29 is 14.6 Å². The van der Waals surface area contributed by atoms with Crippen molar-refractivity contribution in [3.8, 4) is 11.5 Å². The minimum Gasteiger partial charge on any atom is -0.493 e. The number of methoxy groups -OCH3 is 1. The van der Waals surface area contributed by atoms with Gasteiger partial charge in [-0.05, 0) is 56.0 Å². The second-order valence-corrected chi connectivity index (χ2v) is 5.63. The van der Waals surface area contributed by atoms with E-state index in [4.69, 9.17) is 14.6 Å². The number of ether oxygens (including phenoxy) is 2. The predicted molar refractivity (Wildman–Crippen MR) is 80.1 cm³/mol. The molecule has 0 aliphatic heterocycles. The fraction of sp³-hybridized carbons (Fsp3) is 0.286. The van der Waals surface area contributed by atoms with Crippen LogP contribution >= 0.6 is 27.3 Å². The Labute approximate surface area is 124 Å². The SMILES string of the molecule is COc1cc(CO)cc(Br)c1OCCc1ccsc1. The molecule has 1 aromatic heterocycles. The standard InChI is InChI=1S/C14H15BrO3S/c1-17-13-7-11(8-16)6-12(15)14(13)18-4-2-10-3-5-19-9-10/h3,5-7,9,16H,2,4,8H2,1H3. The van der Waals surface area contributed by atoms with Crippen molar-refractivity contribution in [2.24, 2.45) is 0 Å². The minimum absolute atomic E-state index is 0.0237. The molecule has 3 nitrogen and oxygen atoms in total. The van der Waals surface area contributed by atoms with Gasteiger partial charge in [0.1, 0.15) is 0 Å². The maximum absolute atomic E-state index is 9.16. The van der Waals surface area contributed by atoms with Crippen molar-refractivity contribution in [3.05, 3.63) is 44.6 Å². The molecule has 5 heteroatoms. The van der Waals surface area contributed by atoms with Gasteiger partial charge in [0.05, 0.1) is 24.8 Å². The maximum atomic E-state index is 9.16. The first-order valence-corrected chi connectivity index (χ1v) is 7.59. The predicted octanol–water partition coefficient (Wildman–Crippen LogP) is 3.63. The van der Waals surface area contributed by atoms with Crippen molar-refractivity contribution >= 4 is 27.3 Å². The molecule has 0 fully saturated rings. The smallest absolute Gasteiger partial charge is 0.175 e. The molecule has 0 spiro atoms. The van der Waals surface area contributed by atoms with Crippen LogP contribution in [0.1, 0.15) is 11.1 Å². The molecular weight excluding hydrogens is 328 g/mol. The number of benzene rings is 1. The highest BCUT2D eigenvalue weighted by molar-refractivity contribution is 9.10. The lowest BCUT2D eigenvalue weighted by molar-refractivity contribution is 0.277. The summed E-state index contributed by atoms with van der Waals surface area (Å²) < 4.78 is 11.9. The monoisotopic (exact) mass is 342 g/mol. The summed E-state index contributed by atoms with van der Waals surface area (Å²) in [5, 5.41) is 13.3. The number of aliphatic hydroxyl groups excluding tert-OH is 1. The molecule has 1 aromatic carbocycles. The van der Waals surface area contributed by atoms with Crippen LogP contribution in [-0.2, 0) is 13.0 Å². The third kappa shape index (κ3) is 3.72. The third-order valence-electron chi connectivity index (χ3n) is 2.69. The molecule has 0 radical (unpaired) electrons. The summed E-state index contributed by atoms with van der Waals surface area (Å²) in [4.78, 5) is 0. The van der Waals surface area contributed by atoms with Crippen molar-refractivity contribution in [2.75, 3.05) is 13.7 Å². The van der Waals surface area contributed by atoms with Gasteiger partial charge in [0.2, 0.25) is 0 Å². The molecule has 0 saturated heterocycles. The Morgan fingerprint density at radius 2 is 2.16 bits per heavy atom. The molecule has 1 N–H and O–H groups in total. The van der Waals surface area contributed by atoms with Gasteiger partial charge in [0.25, 0.3) is 0 Å². The highest BCUT2D eigenvalue weighted by atomic mass is 79.9. The van der Waals surface area contributed by atoms with Crippen LogP contribution in [0.4, 0.5) is 0 Å². The summed E-state index contributed by atoms with van der Waals surface area (Å²) in [5.74, 6) is 1.30. The fourth-order valence-corrected chi connectivity index (χ4v) is 3.02. The van der Waals surface area contributed by atoms with Crippen molar-refractivity contribution in [1.29, 1.82) is 0 Å². The number of aliphatic hydroxyl groups is 1. The van der Waals surface area contributed by atoms with Crippen LogP contribution < -0.4 is 9.47 Å². The van der Waals surface area contributed by atoms with Crippen molar-refractivity contribution in [3.63, 3.8) is 0 Å². The van der Waals surface area contributed by atoms with Gasteiger partial charge in [0.15, 0.2) is 11.5 Å². The molecule has 0 aliphatic carbocycles. The second-order valence-electron chi connectivity index (χ2n) is 4.00. The number of hydrogen-bond donors (Lipinski definition) is 1. The fourth-order valence-electron chi connectivity index (χ4n) is 1.71. The van der Waals surface area contributed by atoms with Gasteiger partial charge >= 0.3 is 0 Å². The molecule has 0 aliphatic rings. The van der Waals surface area contributed by atoms with Gasteiger partial charge in [-0.15, -0.1) is 0 Å². The average Bonchev–Trinajstić information content (AvgIpc) is 2.93. The Morgan fingerprint density at radius 3 is 2.79 bits per heavy atom. The number of thiophene rings is 1. The summed E-state index contributed by atoms with van der Waals surface area (Å²) >= 11 is 5.13. The topological polar surface area (TPSA) is 38.7 Å². The zero-order valence-corrected chi connectivity index (χ0v) is 13.0. The highest BCUT2D eigenvalue weighted by Gasteiger charge is 2.11. The highest BCUT2D eigenvalue weighted by Crippen LogP contribution is 2.36. The van der Waals surface area contributed by atoms with Gasteiger partial charge < -0.3 is 14.6 Å². The third-order valence-corrected chi connectivity index (χ3v) is 4.01. The van der Waals surface area contributed by atoms with Crippen LogP contribution in [0.5, 0.6) is 11.5 Å². The van der Waals surface area contributed by atoms with Gasteiger partial charge in [0, 0.05) is 6.42 Å². The largest absolute Gasteiger partial charge is 0.493 e. The minimum atomic E-state index is -0.0237. The lowest BCUT2D eigenvalue weighted by Crippen LogP contribution is -2.03. The Balaban J connectivity index is 2.06. The molecule has 0 amide bonds. The normalized spacial score (nSPS) is 10.5. The van der Waals surface area contributed by atoms with E-state index < -0.39 is 0 Å². The first-order chi connectivity index (χ1) is 9.24. The van der Waals surface area contributed by atoms with E-state index in [-0.39, 0.29) is 6.61 Å². The molecule has 19 heavy (non-hydrogen) atoms. The summed E-state index contributed by atoms with van der Waals surface area (Å²) in [6.45, 7) is 0.564. The Hall–Kier alpha value is -1.04. The summed E-state index contributed by atoms with van der Waals surface area (Å²) in [6.07, 6.45) is 0.862. The van der Waals surface area contributed by atoms with Gasteiger partial charge in [-0.1, -0.05) is 0 Å². The molecule has 2 aromatic rings. The van der Waals surface area contributed by atoms with E-state index in [1.807, 2.05) is 6.07 Å². The van der Waals surface area contributed by atoms with E-state index in [2.05, 4.69) is 32.8 Å². The summed E-state index contributed by atoms with van der Waals surface area (Å²) in [5.41, 5.74) is 2.06. The quantitative estimate of drug-likeness (QED) is 0.871. The number of halogens is 1. The van der Waals surface area contributed by atoms with Crippen LogP contribution in [0.15, 0.2) is 33.4 Å². The van der Waals surface area contributed by atoms with Gasteiger partial charge in [-0.25, -0.2) is 0 Å². The zero-order valence-electron chi connectivity index (χ0n) is 10.6. The first-order valence-electron chi connectivity index (χ1n) is 5.85. The van der Waals surface area contributed by atoms with E-state index in [0.717, 1.165) is 16.5 Å². The molecule has 0 atom stereocenters. The van der Waals surface area contributed by atoms with Crippen LogP contribution in [-0.4, -0.2) is 18.8 Å². The summed E-state index contributed by atoms with van der Waals surface area (Å²) in [7, 11) is 1.59. The Bertz CT molecular complexity index is 526. The number of hydrogen-bond acceptors (Lipinski definition) is 4. The molecule has 0 unspecified atom stereocenters. The van der Waals surface area contributed by atoms with E-state index in [1.165, 1.54) is 5.56 Å². The lowest BCUT2D eigenvalue weighted by Gasteiger charge is -2.13. The van der Waals surface area contributed by atoms with Crippen LogP contribution in [0, 0.1) is 0 Å². The number of rotatable bonds is 6. The summed E-state index contributed by atoms with van der Waals surface area (Å²) in [6, 6.07) is 5.71. The molecule has 1 heterocycles. The Kier molecular flexibility index (Phi) is 5.24. The van der Waals surface area contributed by atoms with Gasteiger partial charge in [-0.3, -0.25) is 0 Å². The van der Waals surface area contributed by atoms with Crippen LogP contribution in [0.2, 0.25) is 0 Å². The van der Waals surface area contributed by atoms with E-state index >= 15 is 0 Å². The lowest BCUT2D eigenvalue weighted by atomic mass is 10.2. The molecule has 102 valence electrons. The molecule has 0 saturated carbocycles. The zero-order chi connectivity index (χ0) is 13.7.